The van der Waals surface area contributed by atoms with Crippen LogP contribution in [0.2, 0.25) is 0 Å². The zero-order valence-electron chi connectivity index (χ0n) is 10.3. The summed E-state index contributed by atoms with van der Waals surface area (Å²) in [7, 11) is 0. The molecule has 1 aliphatic rings. The molecule has 0 saturated heterocycles. The molecular weight excluding hydrogens is 378 g/mol. The second-order valence-corrected chi connectivity index (χ2v) is 5.70. The van der Waals surface area contributed by atoms with Crippen LogP contribution in [0.15, 0.2) is 26.1 Å². The first kappa shape index (κ1) is 14.3. The van der Waals surface area contributed by atoms with E-state index in [1.165, 1.54) is 6.92 Å². The van der Waals surface area contributed by atoms with Gasteiger partial charge in [-0.15, -0.1) is 0 Å². The molecule has 102 valence electrons. The molecule has 0 unspecified atom stereocenters. The predicted molar refractivity (Wildman–Crippen MR) is 81.9 cm³/mol. The van der Waals surface area contributed by atoms with Crippen LogP contribution in [-0.4, -0.2) is 31.4 Å². The molecule has 2 N–H and O–H groups in total. The first-order valence-corrected chi connectivity index (χ1v) is 7.31. The SMILES string of the molecule is CC(=O)Nc1cc(Br)c(OCC2=NCCN2)c(Br)c1. The van der Waals surface area contributed by atoms with Crippen molar-refractivity contribution < 1.29 is 9.53 Å². The van der Waals surface area contributed by atoms with Gasteiger partial charge in [0.2, 0.25) is 5.91 Å². The van der Waals surface area contributed by atoms with Crippen molar-refractivity contribution in [3.63, 3.8) is 0 Å². The number of hydrogen-bond donors (Lipinski definition) is 2. The summed E-state index contributed by atoms with van der Waals surface area (Å²) in [6.45, 7) is 3.53. The Morgan fingerprint density at radius 3 is 2.68 bits per heavy atom. The zero-order valence-corrected chi connectivity index (χ0v) is 13.5. The molecule has 1 heterocycles. The molecule has 1 aromatic carbocycles. The van der Waals surface area contributed by atoms with E-state index in [-0.39, 0.29) is 5.91 Å². The van der Waals surface area contributed by atoms with Crippen molar-refractivity contribution in [2.24, 2.45) is 4.99 Å². The van der Waals surface area contributed by atoms with Crippen LogP contribution in [0.4, 0.5) is 5.69 Å². The normalized spacial score (nSPS) is 13.7. The molecule has 0 fully saturated rings. The van der Waals surface area contributed by atoms with Gasteiger partial charge in [-0.2, -0.15) is 0 Å². The van der Waals surface area contributed by atoms with Gasteiger partial charge in [0.1, 0.15) is 18.2 Å². The van der Waals surface area contributed by atoms with Crippen molar-refractivity contribution >= 4 is 49.3 Å². The van der Waals surface area contributed by atoms with Crippen LogP contribution in [0, 0.1) is 0 Å². The Labute approximate surface area is 128 Å². The van der Waals surface area contributed by atoms with Crippen molar-refractivity contribution in [2.75, 3.05) is 25.0 Å². The highest BCUT2D eigenvalue weighted by Crippen LogP contribution is 2.36. The number of anilines is 1. The Bertz CT molecular complexity index is 509. The summed E-state index contributed by atoms with van der Waals surface area (Å²) in [4.78, 5) is 15.3. The fourth-order valence-corrected chi connectivity index (χ4v) is 3.07. The van der Waals surface area contributed by atoms with Gasteiger partial charge in [-0.25, -0.2) is 0 Å². The fourth-order valence-electron chi connectivity index (χ4n) is 1.66. The van der Waals surface area contributed by atoms with Crippen molar-refractivity contribution in [2.45, 2.75) is 6.92 Å². The summed E-state index contributed by atoms with van der Waals surface area (Å²) in [6, 6.07) is 3.59. The average molecular weight is 391 g/mol. The maximum atomic E-state index is 11.0. The number of halogens is 2. The van der Waals surface area contributed by atoms with E-state index in [9.17, 15) is 4.79 Å². The number of amides is 1. The molecule has 0 atom stereocenters. The monoisotopic (exact) mass is 389 g/mol. The Morgan fingerprint density at radius 1 is 1.47 bits per heavy atom. The van der Waals surface area contributed by atoms with Gasteiger partial charge in [-0.1, -0.05) is 0 Å². The van der Waals surface area contributed by atoms with Gasteiger partial charge >= 0.3 is 0 Å². The lowest BCUT2D eigenvalue weighted by Gasteiger charge is -2.12. The molecule has 0 saturated carbocycles. The van der Waals surface area contributed by atoms with E-state index in [1.807, 2.05) is 0 Å². The number of aliphatic imine (C=N–C) groups is 1. The first-order chi connectivity index (χ1) is 9.06. The van der Waals surface area contributed by atoms with E-state index >= 15 is 0 Å². The number of nitrogens with zero attached hydrogens (tertiary/aromatic N) is 1. The summed E-state index contributed by atoms with van der Waals surface area (Å²) in [5.41, 5.74) is 0.704. The minimum Gasteiger partial charge on any atom is -0.483 e. The predicted octanol–water partition coefficient (Wildman–Crippen LogP) is 2.55. The Morgan fingerprint density at radius 2 is 2.16 bits per heavy atom. The fraction of sp³-hybridized carbons (Fsp3) is 0.333. The molecule has 1 aliphatic heterocycles. The van der Waals surface area contributed by atoms with Crippen molar-refractivity contribution in [1.82, 2.24) is 5.32 Å². The third kappa shape index (κ3) is 3.94. The van der Waals surface area contributed by atoms with Crippen LogP contribution in [0.3, 0.4) is 0 Å². The molecule has 2 rings (SSSR count). The number of rotatable bonds is 4. The van der Waals surface area contributed by atoms with Crippen molar-refractivity contribution in [3.05, 3.63) is 21.1 Å². The van der Waals surface area contributed by atoms with E-state index in [0.717, 1.165) is 27.9 Å². The third-order valence-corrected chi connectivity index (χ3v) is 3.59. The van der Waals surface area contributed by atoms with E-state index in [2.05, 4.69) is 47.5 Å². The van der Waals surface area contributed by atoms with Crippen LogP contribution < -0.4 is 15.4 Å². The van der Waals surface area contributed by atoms with Crippen LogP contribution in [0.25, 0.3) is 0 Å². The summed E-state index contributed by atoms with van der Waals surface area (Å²) in [6.07, 6.45) is 0. The number of benzene rings is 1. The van der Waals surface area contributed by atoms with Gasteiger partial charge in [-0.05, 0) is 44.0 Å². The van der Waals surface area contributed by atoms with Crippen LogP contribution in [0.1, 0.15) is 6.92 Å². The lowest BCUT2D eigenvalue weighted by Crippen LogP contribution is -2.25. The van der Waals surface area contributed by atoms with Crippen molar-refractivity contribution in [1.29, 1.82) is 0 Å². The Balaban J connectivity index is 2.09. The van der Waals surface area contributed by atoms with Crippen LogP contribution in [0.5, 0.6) is 5.75 Å². The third-order valence-electron chi connectivity index (χ3n) is 2.42. The number of carbonyl (C=O) groups excluding carboxylic acids is 1. The zero-order chi connectivity index (χ0) is 13.8. The van der Waals surface area contributed by atoms with E-state index in [4.69, 9.17) is 4.74 Å². The van der Waals surface area contributed by atoms with E-state index in [0.29, 0.717) is 18.0 Å². The summed E-state index contributed by atoms with van der Waals surface area (Å²) >= 11 is 6.86. The molecule has 5 nitrogen and oxygen atoms in total. The number of carbonyl (C=O) groups is 1. The smallest absolute Gasteiger partial charge is 0.221 e. The first-order valence-electron chi connectivity index (χ1n) is 5.73. The maximum Gasteiger partial charge on any atom is 0.221 e. The van der Waals surface area contributed by atoms with Gasteiger partial charge in [0, 0.05) is 19.2 Å². The van der Waals surface area contributed by atoms with Crippen LogP contribution in [-0.2, 0) is 4.79 Å². The standard InChI is InChI=1S/C12H13Br2N3O2/c1-7(18)17-8-4-9(13)12(10(14)5-8)19-6-11-15-2-3-16-11/h4-5H,2-3,6H2,1H3,(H,15,16)(H,17,18). The number of hydrogen-bond acceptors (Lipinski definition) is 4. The molecule has 0 radical (unpaired) electrons. The highest BCUT2D eigenvalue weighted by atomic mass is 79.9. The van der Waals surface area contributed by atoms with E-state index in [1.54, 1.807) is 12.1 Å². The summed E-state index contributed by atoms with van der Waals surface area (Å²) in [5, 5.41) is 5.86. The van der Waals surface area contributed by atoms with Gasteiger partial charge in [-0.3, -0.25) is 9.79 Å². The largest absolute Gasteiger partial charge is 0.483 e. The molecule has 0 aliphatic carbocycles. The number of ether oxygens (including phenoxy) is 1. The second kappa shape index (κ2) is 6.38. The van der Waals surface area contributed by atoms with Gasteiger partial charge in [0.05, 0.1) is 15.5 Å². The second-order valence-electron chi connectivity index (χ2n) is 3.99. The van der Waals surface area contributed by atoms with Gasteiger partial charge < -0.3 is 15.4 Å². The van der Waals surface area contributed by atoms with E-state index < -0.39 is 0 Å². The molecule has 0 bridgehead atoms. The Hall–Kier alpha value is -1.08. The highest BCUT2D eigenvalue weighted by molar-refractivity contribution is 9.11. The van der Waals surface area contributed by atoms with Crippen LogP contribution >= 0.6 is 31.9 Å². The van der Waals surface area contributed by atoms with Gasteiger partial charge in [0.25, 0.3) is 0 Å². The minimum atomic E-state index is -0.114. The number of nitrogens with one attached hydrogen (secondary N) is 2. The average Bonchev–Trinajstić information content (AvgIpc) is 2.79. The summed E-state index contributed by atoms with van der Waals surface area (Å²) < 4.78 is 7.25. The molecular formula is C12H13Br2N3O2. The Kier molecular flexibility index (Phi) is 4.81. The lowest BCUT2D eigenvalue weighted by atomic mass is 10.3. The molecule has 1 amide bonds. The maximum absolute atomic E-state index is 11.0. The molecule has 7 heteroatoms. The summed E-state index contributed by atoms with van der Waals surface area (Å²) in [5.74, 6) is 1.42. The van der Waals surface area contributed by atoms with Crippen molar-refractivity contribution in [3.8, 4) is 5.75 Å². The quantitative estimate of drug-likeness (QED) is 0.830. The number of amidine groups is 1. The highest BCUT2D eigenvalue weighted by Gasteiger charge is 2.12. The minimum absolute atomic E-state index is 0.114. The topological polar surface area (TPSA) is 62.7 Å². The molecule has 19 heavy (non-hydrogen) atoms. The van der Waals surface area contributed by atoms with Gasteiger partial charge in [0.15, 0.2) is 0 Å². The lowest BCUT2D eigenvalue weighted by molar-refractivity contribution is -0.114. The molecule has 0 aromatic heterocycles. The molecule has 0 spiro atoms. The molecule has 1 aromatic rings.